The van der Waals surface area contributed by atoms with Crippen molar-refractivity contribution in [3.8, 4) is 12.1 Å². The van der Waals surface area contributed by atoms with E-state index in [4.69, 9.17) is 10.5 Å². The smallest absolute Gasteiger partial charge is 0.0669 e. The second-order valence-electron chi connectivity index (χ2n) is 5.89. The quantitative estimate of drug-likeness (QED) is 0.734. The van der Waals surface area contributed by atoms with Gasteiger partial charge in [0.25, 0.3) is 0 Å². The maximum atomic E-state index is 9.00. The molecule has 0 bridgehead atoms. The van der Waals surface area contributed by atoms with Crippen molar-refractivity contribution < 1.29 is 0 Å². The van der Waals surface area contributed by atoms with E-state index in [1.807, 2.05) is 0 Å². The Bertz CT molecular complexity index is 295. The third-order valence-electron chi connectivity index (χ3n) is 4.70. The number of nitrogens with zero attached hydrogens (tertiary/aromatic N) is 2. The van der Waals surface area contributed by atoms with E-state index in [9.17, 15) is 0 Å². The Labute approximate surface area is 105 Å². The zero-order chi connectivity index (χ0) is 12.1. The van der Waals surface area contributed by atoms with E-state index in [1.165, 1.54) is 44.9 Å². The summed E-state index contributed by atoms with van der Waals surface area (Å²) in [4.78, 5) is 0. The SMILES string of the molecule is N#CC1CC(CCC2CCCCC2)CC1C#N. The average Bonchev–Trinajstić information content (AvgIpc) is 2.80. The standard InChI is InChI=1S/C15H22N2/c16-10-14-8-13(9-15(14)11-17)7-6-12-4-2-1-3-5-12/h12-15H,1-9H2. The predicted octanol–water partition coefficient (Wildman–Crippen LogP) is 4.04. The molecule has 2 aliphatic carbocycles. The number of rotatable bonds is 3. The van der Waals surface area contributed by atoms with E-state index in [0.717, 1.165) is 18.8 Å². The van der Waals surface area contributed by atoms with Crippen molar-refractivity contribution in [2.45, 2.75) is 57.8 Å². The highest BCUT2D eigenvalue weighted by molar-refractivity contribution is 5.04. The summed E-state index contributed by atoms with van der Waals surface area (Å²) < 4.78 is 0. The zero-order valence-corrected chi connectivity index (χ0v) is 10.6. The molecule has 0 aromatic carbocycles. The summed E-state index contributed by atoms with van der Waals surface area (Å²) in [6, 6.07) is 4.62. The normalized spacial score (nSPS) is 34.1. The van der Waals surface area contributed by atoms with Gasteiger partial charge in [-0.15, -0.1) is 0 Å². The Morgan fingerprint density at radius 3 is 1.82 bits per heavy atom. The first-order chi connectivity index (χ1) is 8.33. The van der Waals surface area contributed by atoms with Gasteiger partial charge >= 0.3 is 0 Å². The molecule has 0 amide bonds. The molecule has 17 heavy (non-hydrogen) atoms. The van der Waals surface area contributed by atoms with E-state index in [2.05, 4.69) is 12.1 Å². The van der Waals surface area contributed by atoms with Crippen LogP contribution in [0.25, 0.3) is 0 Å². The Hall–Kier alpha value is -1.02. The molecule has 0 spiro atoms. The van der Waals surface area contributed by atoms with Gasteiger partial charge in [-0.1, -0.05) is 44.9 Å². The summed E-state index contributed by atoms with van der Waals surface area (Å²) in [6.45, 7) is 0. The van der Waals surface area contributed by atoms with Crippen LogP contribution in [0.4, 0.5) is 0 Å². The van der Waals surface area contributed by atoms with Gasteiger partial charge in [0.15, 0.2) is 0 Å². The largest absolute Gasteiger partial charge is 0.198 e. The summed E-state index contributed by atoms with van der Waals surface area (Å²) in [5.74, 6) is 1.60. The second kappa shape index (κ2) is 6.06. The Morgan fingerprint density at radius 2 is 1.29 bits per heavy atom. The van der Waals surface area contributed by atoms with Crippen LogP contribution in [-0.4, -0.2) is 0 Å². The van der Waals surface area contributed by atoms with Gasteiger partial charge in [0.1, 0.15) is 0 Å². The first kappa shape index (κ1) is 12.4. The topological polar surface area (TPSA) is 47.6 Å². The van der Waals surface area contributed by atoms with Crippen molar-refractivity contribution in [1.82, 2.24) is 0 Å². The lowest BCUT2D eigenvalue weighted by atomic mass is 9.84. The minimum absolute atomic E-state index is 0.0105. The Morgan fingerprint density at radius 1 is 0.765 bits per heavy atom. The minimum atomic E-state index is 0.0105. The molecule has 0 aromatic heterocycles. The molecule has 0 saturated heterocycles. The number of hydrogen-bond acceptors (Lipinski definition) is 2. The molecular weight excluding hydrogens is 208 g/mol. The van der Waals surface area contributed by atoms with E-state index in [0.29, 0.717) is 5.92 Å². The van der Waals surface area contributed by atoms with Gasteiger partial charge in [-0.2, -0.15) is 10.5 Å². The van der Waals surface area contributed by atoms with Crippen molar-refractivity contribution in [3.05, 3.63) is 0 Å². The molecule has 0 N–H and O–H groups in total. The molecule has 2 aliphatic rings. The van der Waals surface area contributed by atoms with Crippen molar-refractivity contribution in [1.29, 1.82) is 10.5 Å². The number of hydrogen-bond donors (Lipinski definition) is 0. The summed E-state index contributed by atoms with van der Waals surface area (Å²) in [7, 11) is 0. The molecule has 0 aromatic rings. The zero-order valence-electron chi connectivity index (χ0n) is 10.6. The Balaban J connectivity index is 1.74. The maximum absolute atomic E-state index is 9.00. The van der Waals surface area contributed by atoms with Crippen molar-refractivity contribution >= 4 is 0 Å². The monoisotopic (exact) mass is 230 g/mol. The third kappa shape index (κ3) is 3.22. The molecule has 2 fully saturated rings. The maximum Gasteiger partial charge on any atom is 0.0669 e. The van der Waals surface area contributed by atoms with Crippen LogP contribution in [0.15, 0.2) is 0 Å². The highest BCUT2D eigenvalue weighted by atomic mass is 14.4. The molecule has 2 heteroatoms. The fourth-order valence-electron chi connectivity index (χ4n) is 3.61. The fraction of sp³-hybridized carbons (Fsp3) is 0.867. The lowest BCUT2D eigenvalue weighted by molar-refractivity contribution is 0.307. The molecule has 2 atom stereocenters. The van der Waals surface area contributed by atoms with Gasteiger partial charge in [0.2, 0.25) is 0 Å². The molecule has 2 unspecified atom stereocenters. The summed E-state index contributed by atoms with van der Waals surface area (Å²) in [5, 5.41) is 18.0. The van der Waals surface area contributed by atoms with Gasteiger partial charge in [-0.3, -0.25) is 0 Å². The van der Waals surface area contributed by atoms with Gasteiger partial charge in [-0.05, 0) is 24.7 Å². The lowest BCUT2D eigenvalue weighted by Crippen LogP contribution is -2.08. The van der Waals surface area contributed by atoms with Gasteiger partial charge in [-0.25, -0.2) is 0 Å². The van der Waals surface area contributed by atoms with Crippen molar-refractivity contribution in [2.75, 3.05) is 0 Å². The first-order valence-corrected chi connectivity index (χ1v) is 7.12. The lowest BCUT2D eigenvalue weighted by Gasteiger charge is -2.22. The van der Waals surface area contributed by atoms with Gasteiger partial charge in [0.05, 0.1) is 24.0 Å². The summed E-state index contributed by atoms with van der Waals surface area (Å²) >= 11 is 0. The minimum Gasteiger partial charge on any atom is -0.198 e. The highest BCUT2D eigenvalue weighted by Crippen LogP contribution is 2.39. The Kier molecular flexibility index (Phi) is 4.43. The molecule has 0 aliphatic heterocycles. The molecule has 2 nitrogen and oxygen atoms in total. The van der Waals surface area contributed by atoms with Crippen LogP contribution in [0.2, 0.25) is 0 Å². The van der Waals surface area contributed by atoms with E-state index in [-0.39, 0.29) is 11.8 Å². The van der Waals surface area contributed by atoms with Crippen LogP contribution in [0.1, 0.15) is 57.8 Å². The molecule has 92 valence electrons. The van der Waals surface area contributed by atoms with E-state index < -0.39 is 0 Å². The van der Waals surface area contributed by atoms with Crippen LogP contribution in [0.5, 0.6) is 0 Å². The molecular formula is C15H22N2. The third-order valence-corrected chi connectivity index (χ3v) is 4.70. The molecule has 0 radical (unpaired) electrons. The van der Waals surface area contributed by atoms with Crippen molar-refractivity contribution in [2.24, 2.45) is 23.7 Å². The predicted molar refractivity (Wildman–Crippen MR) is 66.7 cm³/mol. The number of nitriles is 2. The van der Waals surface area contributed by atoms with Gasteiger partial charge < -0.3 is 0 Å². The van der Waals surface area contributed by atoms with E-state index >= 15 is 0 Å². The average molecular weight is 230 g/mol. The van der Waals surface area contributed by atoms with Gasteiger partial charge in [0, 0.05) is 0 Å². The van der Waals surface area contributed by atoms with Crippen LogP contribution in [0, 0.1) is 46.3 Å². The van der Waals surface area contributed by atoms with Crippen LogP contribution in [0.3, 0.4) is 0 Å². The van der Waals surface area contributed by atoms with Crippen LogP contribution < -0.4 is 0 Å². The van der Waals surface area contributed by atoms with Crippen molar-refractivity contribution in [3.63, 3.8) is 0 Å². The highest BCUT2D eigenvalue weighted by Gasteiger charge is 2.34. The first-order valence-electron chi connectivity index (χ1n) is 7.12. The van der Waals surface area contributed by atoms with E-state index in [1.54, 1.807) is 0 Å². The molecule has 0 heterocycles. The molecule has 2 saturated carbocycles. The second-order valence-corrected chi connectivity index (χ2v) is 5.89. The fourth-order valence-corrected chi connectivity index (χ4v) is 3.61. The van der Waals surface area contributed by atoms with Crippen LogP contribution in [-0.2, 0) is 0 Å². The summed E-state index contributed by atoms with van der Waals surface area (Å²) in [5.41, 5.74) is 0. The summed E-state index contributed by atoms with van der Waals surface area (Å²) in [6.07, 6.45) is 11.6. The molecule has 2 rings (SSSR count). The van der Waals surface area contributed by atoms with Crippen LogP contribution >= 0.6 is 0 Å².